The van der Waals surface area contributed by atoms with Crippen LogP contribution in [0.2, 0.25) is 0 Å². The fraction of sp³-hybridized carbons (Fsp3) is 0.136. The number of rotatable bonds is 3. The van der Waals surface area contributed by atoms with Gasteiger partial charge >= 0.3 is 0 Å². The summed E-state index contributed by atoms with van der Waals surface area (Å²) in [6.45, 7) is 3.11. The molecular formula is C22H17N5O. The fourth-order valence-corrected chi connectivity index (χ4v) is 3.50. The van der Waals surface area contributed by atoms with Crippen molar-refractivity contribution in [2.45, 2.75) is 20.0 Å². The zero-order chi connectivity index (χ0) is 19.1. The van der Waals surface area contributed by atoms with Crippen LogP contribution in [0, 0.1) is 6.92 Å². The summed E-state index contributed by atoms with van der Waals surface area (Å²) < 4.78 is 0. The first-order valence-corrected chi connectivity index (χ1v) is 9.08. The van der Waals surface area contributed by atoms with Crippen LogP contribution < -0.4 is 5.32 Å². The molecule has 1 N–H and O–H groups in total. The maximum absolute atomic E-state index is 12.7. The Morgan fingerprint density at radius 1 is 1.04 bits per heavy atom. The average molecular weight is 367 g/mol. The van der Waals surface area contributed by atoms with E-state index in [0.717, 1.165) is 44.9 Å². The number of hydrogen-bond donors (Lipinski definition) is 1. The second-order valence-corrected chi connectivity index (χ2v) is 6.91. The molecule has 2 aliphatic rings. The molecule has 5 rings (SSSR count). The number of aliphatic imine (C=N–C) groups is 2. The third-order valence-electron chi connectivity index (χ3n) is 4.93. The van der Waals surface area contributed by atoms with Crippen LogP contribution in [0.5, 0.6) is 0 Å². The minimum absolute atomic E-state index is 0.234. The monoisotopic (exact) mass is 367 g/mol. The summed E-state index contributed by atoms with van der Waals surface area (Å²) in [5.41, 5.74) is 7.98. The first kappa shape index (κ1) is 16.5. The normalized spacial score (nSPS) is 13.5. The lowest BCUT2D eigenvalue weighted by molar-refractivity contribution is 0.102. The molecule has 0 unspecified atom stereocenters. The highest BCUT2D eigenvalue weighted by Gasteiger charge is 2.18. The number of nitrogens with one attached hydrogen (secondary N) is 1. The molecule has 0 spiro atoms. The van der Waals surface area contributed by atoms with Crippen LogP contribution >= 0.6 is 0 Å². The van der Waals surface area contributed by atoms with Crippen LogP contribution in [0.1, 0.15) is 38.6 Å². The van der Waals surface area contributed by atoms with E-state index in [2.05, 4.69) is 37.4 Å². The summed E-state index contributed by atoms with van der Waals surface area (Å²) in [6.07, 6.45) is 5.53. The number of benzene rings is 1. The molecule has 4 heterocycles. The molecule has 6 nitrogen and oxygen atoms in total. The Morgan fingerprint density at radius 3 is 2.82 bits per heavy atom. The second kappa shape index (κ2) is 6.49. The maximum atomic E-state index is 12.7. The minimum Gasteiger partial charge on any atom is -0.320 e. The highest BCUT2D eigenvalue weighted by Crippen LogP contribution is 2.32. The van der Waals surface area contributed by atoms with Gasteiger partial charge in [-0.1, -0.05) is 6.07 Å². The molecule has 0 saturated heterocycles. The van der Waals surface area contributed by atoms with Crippen LogP contribution in [-0.2, 0) is 13.1 Å². The number of aryl methyl sites for hydroxylation is 1. The Kier molecular flexibility index (Phi) is 3.83. The Bertz CT molecular complexity index is 1180. The van der Waals surface area contributed by atoms with E-state index in [1.54, 1.807) is 6.07 Å². The number of aromatic nitrogens is 2. The predicted octanol–water partition coefficient (Wildman–Crippen LogP) is 3.57. The molecule has 0 atom stereocenters. The first-order chi connectivity index (χ1) is 13.7. The van der Waals surface area contributed by atoms with Gasteiger partial charge in [-0.05, 0) is 48.4 Å². The van der Waals surface area contributed by atoms with Gasteiger partial charge in [-0.2, -0.15) is 0 Å². The van der Waals surface area contributed by atoms with Gasteiger partial charge in [0.15, 0.2) is 0 Å². The van der Waals surface area contributed by atoms with Gasteiger partial charge in [0.25, 0.3) is 5.91 Å². The quantitative estimate of drug-likeness (QED) is 0.768. The molecule has 3 aromatic rings. The van der Waals surface area contributed by atoms with E-state index < -0.39 is 0 Å². The number of hydrogen-bond acceptors (Lipinski definition) is 5. The zero-order valence-corrected chi connectivity index (χ0v) is 15.3. The first-order valence-electron chi connectivity index (χ1n) is 9.08. The lowest BCUT2D eigenvalue weighted by Crippen LogP contribution is -2.15. The second-order valence-electron chi connectivity index (χ2n) is 6.91. The van der Waals surface area contributed by atoms with Crippen LogP contribution in [-0.4, -0.2) is 28.3 Å². The number of carbonyl (C=O) groups is 1. The fourth-order valence-electron chi connectivity index (χ4n) is 3.50. The maximum Gasteiger partial charge on any atom is 0.274 e. The van der Waals surface area contributed by atoms with Gasteiger partial charge < -0.3 is 5.32 Å². The van der Waals surface area contributed by atoms with Crippen molar-refractivity contribution in [3.63, 3.8) is 0 Å². The van der Waals surface area contributed by atoms with E-state index in [9.17, 15) is 4.79 Å². The van der Waals surface area contributed by atoms with Crippen molar-refractivity contribution in [1.29, 1.82) is 0 Å². The van der Waals surface area contributed by atoms with E-state index in [1.807, 2.05) is 43.7 Å². The number of carbonyl (C=O) groups excluding carboxylic acids is 1. The number of pyridine rings is 2. The summed E-state index contributed by atoms with van der Waals surface area (Å²) in [4.78, 5) is 30.2. The smallest absolute Gasteiger partial charge is 0.274 e. The van der Waals surface area contributed by atoms with Crippen molar-refractivity contribution in [3.8, 4) is 11.1 Å². The summed E-state index contributed by atoms with van der Waals surface area (Å²) >= 11 is 0. The molecule has 2 aromatic heterocycles. The minimum atomic E-state index is -0.234. The van der Waals surface area contributed by atoms with Crippen molar-refractivity contribution in [2.75, 3.05) is 5.32 Å². The standard InChI is InChI=1S/C22H17N5O/c1-13-3-2-4-19(26-13)22(28)27-20-7-14(5-16-8-23-11-18(16)20)15-6-17-9-24-12-21(17)25-10-15/h2-7,9-11H,8,12H2,1H3,(H,27,28). The third kappa shape index (κ3) is 2.89. The Hall–Kier alpha value is -3.67. The van der Waals surface area contributed by atoms with Gasteiger partial charge in [-0.3, -0.25) is 19.8 Å². The molecular weight excluding hydrogens is 350 g/mol. The van der Waals surface area contributed by atoms with E-state index in [-0.39, 0.29) is 5.91 Å². The van der Waals surface area contributed by atoms with Crippen molar-refractivity contribution < 1.29 is 4.79 Å². The molecule has 0 bridgehead atoms. The lowest BCUT2D eigenvalue weighted by atomic mass is 9.98. The molecule has 1 aromatic carbocycles. The molecule has 0 fully saturated rings. The predicted molar refractivity (Wildman–Crippen MR) is 109 cm³/mol. The molecule has 6 heteroatoms. The molecule has 0 radical (unpaired) electrons. The van der Waals surface area contributed by atoms with Crippen LogP contribution in [0.15, 0.2) is 52.6 Å². The van der Waals surface area contributed by atoms with Gasteiger partial charge in [0.2, 0.25) is 0 Å². The van der Waals surface area contributed by atoms with Gasteiger partial charge in [-0.25, -0.2) is 4.98 Å². The number of fused-ring (bicyclic) bond motifs is 2. The summed E-state index contributed by atoms with van der Waals surface area (Å²) in [7, 11) is 0. The van der Waals surface area contributed by atoms with Gasteiger partial charge in [-0.15, -0.1) is 0 Å². The summed E-state index contributed by atoms with van der Waals surface area (Å²) in [6, 6.07) is 11.6. The summed E-state index contributed by atoms with van der Waals surface area (Å²) in [5.74, 6) is -0.234. The van der Waals surface area contributed by atoms with Crippen molar-refractivity contribution in [2.24, 2.45) is 9.98 Å². The summed E-state index contributed by atoms with van der Waals surface area (Å²) in [5, 5.41) is 3.01. The largest absolute Gasteiger partial charge is 0.320 e. The molecule has 0 saturated carbocycles. The Morgan fingerprint density at radius 2 is 1.93 bits per heavy atom. The molecule has 1 amide bonds. The molecule has 2 aliphatic heterocycles. The molecule has 28 heavy (non-hydrogen) atoms. The van der Waals surface area contributed by atoms with E-state index in [4.69, 9.17) is 0 Å². The van der Waals surface area contributed by atoms with Crippen LogP contribution in [0.4, 0.5) is 5.69 Å². The van der Waals surface area contributed by atoms with Gasteiger partial charge in [0.1, 0.15) is 5.69 Å². The Labute approximate surface area is 162 Å². The Balaban J connectivity index is 1.54. The van der Waals surface area contributed by atoms with E-state index in [0.29, 0.717) is 18.8 Å². The molecule has 0 aliphatic carbocycles. The third-order valence-corrected chi connectivity index (χ3v) is 4.93. The van der Waals surface area contributed by atoms with E-state index in [1.165, 1.54) is 0 Å². The van der Waals surface area contributed by atoms with Crippen molar-refractivity contribution >= 4 is 24.0 Å². The number of anilines is 1. The van der Waals surface area contributed by atoms with E-state index >= 15 is 0 Å². The topological polar surface area (TPSA) is 79.6 Å². The van der Waals surface area contributed by atoms with Crippen LogP contribution in [0.25, 0.3) is 11.1 Å². The van der Waals surface area contributed by atoms with Gasteiger partial charge in [0, 0.05) is 41.0 Å². The zero-order valence-electron chi connectivity index (χ0n) is 15.3. The number of amides is 1. The lowest BCUT2D eigenvalue weighted by Gasteiger charge is -2.13. The number of nitrogens with zero attached hydrogens (tertiary/aromatic N) is 4. The SMILES string of the molecule is Cc1cccc(C(=O)Nc2cc(-c3cnc4c(c3)C=NC4)cc3c2C=NC3)n1. The van der Waals surface area contributed by atoms with Crippen molar-refractivity contribution in [3.05, 3.63) is 76.4 Å². The van der Waals surface area contributed by atoms with Crippen LogP contribution in [0.3, 0.4) is 0 Å². The molecule has 136 valence electrons. The van der Waals surface area contributed by atoms with Gasteiger partial charge in [0.05, 0.1) is 24.5 Å². The average Bonchev–Trinajstić information content (AvgIpc) is 3.36. The highest BCUT2D eigenvalue weighted by atomic mass is 16.1. The highest BCUT2D eigenvalue weighted by molar-refractivity contribution is 6.07. The van der Waals surface area contributed by atoms with Crippen molar-refractivity contribution in [1.82, 2.24) is 9.97 Å².